The predicted molar refractivity (Wildman–Crippen MR) is 128 cm³/mol. The molecule has 32 heavy (non-hydrogen) atoms. The van der Waals surface area contributed by atoms with E-state index in [4.69, 9.17) is 4.74 Å². The van der Waals surface area contributed by atoms with Gasteiger partial charge in [0.25, 0.3) is 0 Å². The number of rotatable bonds is 8. The molecule has 1 heterocycles. The van der Waals surface area contributed by atoms with Crippen LogP contribution in [0.2, 0.25) is 0 Å². The Labute approximate surface area is 193 Å². The molecule has 0 bridgehead atoms. The van der Waals surface area contributed by atoms with E-state index < -0.39 is 0 Å². The Morgan fingerprint density at radius 1 is 1.09 bits per heavy atom. The minimum Gasteiger partial charge on any atom is -0.497 e. The fourth-order valence-corrected chi connectivity index (χ4v) is 5.04. The molecule has 1 atom stereocenters. The van der Waals surface area contributed by atoms with Crippen molar-refractivity contribution >= 4 is 17.7 Å². The summed E-state index contributed by atoms with van der Waals surface area (Å²) < 4.78 is 7.54. The lowest BCUT2D eigenvalue weighted by Crippen LogP contribution is -2.28. The molecule has 0 aliphatic heterocycles. The van der Waals surface area contributed by atoms with Crippen molar-refractivity contribution in [1.29, 1.82) is 0 Å². The van der Waals surface area contributed by atoms with Crippen LogP contribution in [0.25, 0.3) is 11.4 Å². The molecule has 1 aliphatic rings. The highest BCUT2D eigenvalue weighted by molar-refractivity contribution is 7.99. The lowest BCUT2D eigenvalue weighted by atomic mass is 9.95. The Bertz CT molecular complexity index is 1010. The molecular weight excluding hydrogens is 420 g/mol. The van der Waals surface area contributed by atoms with Crippen molar-refractivity contribution in [2.45, 2.75) is 56.3 Å². The van der Waals surface area contributed by atoms with E-state index >= 15 is 0 Å². The summed E-state index contributed by atoms with van der Waals surface area (Å²) in [6.07, 6.45) is 5.94. The molecule has 1 aromatic heterocycles. The molecule has 1 aliphatic carbocycles. The van der Waals surface area contributed by atoms with Gasteiger partial charge in [0.05, 0.1) is 18.9 Å². The maximum absolute atomic E-state index is 12.6. The highest BCUT2D eigenvalue weighted by Gasteiger charge is 2.24. The van der Waals surface area contributed by atoms with E-state index in [9.17, 15) is 4.79 Å². The number of benzene rings is 2. The summed E-state index contributed by atoms with van der Waals surface area (Å²) in [5, 5.41) is 12.9. The monoisotopic (exact) mass is 450 g/mol. The molecule has 1 amide bonds. The van der Waals surface area contributed by atoms with Gasteiger partial charge in [0.2, 0.25) is 5.91 Å². The van der Waals surface area contributed by atoms with Crippen molar-refractivity contribution in [2.24, 2.45) is 0 Å². The number of nitrogens with zero attached hydrogens (tertiary/aromatic N) is 3. The van der Waals surface area contributed by atoms with Gasteiger partial charge in [-0.1, -0.05) is 61.4 Å². The Balaban J connectivity index is 1.50. The number of carbonyl (C=O) groups is 1. The summed E-state index contributed by atoms with van der Waals surface area (Å²) in [7, 11) is 1.66. The molecule has 0 spiro atoms. The lowest BCUT2D eigenvalue weighted by Gasteiger charge is -2.25. The summed E-state index contributed by atoms with van der Waals surface area (Å²) in [5.41, 5.74) is 2.11. The second kappa shape index (κ2) is 10.7. The third-order valence-corrected chi connectivity index (χ3v) is 6.91. The fraction of sp³-hybridized carbons (Fsp3) is 0.400. The molecule has 7 heteroatoms. The van der Waals surface area contributed by atoms with Crippen LogP contribution in [0.1, 0.15) is 56.7 Å². The molecule has 1 N–H and O–H groups in total. The van der Waals surface area contributed by atoms with E-state index in [0.29, 0.717) is 11.8 Å². The van der Waals surface area contributed by atoms with Crippen molar-refractivity contribution in [3.63, 3.8) is 0 Å². The van der Waals surface area contributed by atoms with Gasteiger partial charge in [0.15, 0.2) is 11.0 Å². The van der Waals surface area contributed by atoms with E-state index in [1.807, 2.05) is 61.5 Å². The van der Waals surface area contributed by atoms with Crippen LogP contribution in [0.4, 0.5) is 0 Å². The fourth-order valence-electron chi connectivity index (χ4n) is 4.22. The predicted octanol–water partition coefficient (Wildman–Crippen LogP) is 5.43. The topological polar surface area (TPSA) is 69.0 Å². The standard InChI is InChI=1S/C25H30N4O2S/c1-18(19-9-5-3-6-10-19)26-23(30)17-32-25-28-27-24(20-13-15-22(31-2)16-14-20)29(25)21-11-7-4-8-12-21/h3,5-6,9-10,13-16,18,21H,4,7-8,11-12,17H2,1-2H3,(H,26,30). The lowest BCUT2D eigenvalue weighted by molar-refractivity contribution is -0.119. The van der Waals surface area contributed by atoms with Crippen LogP contribution in [-0.2, 0) is 4.79 Å². The molecule has 0 radical (unpaired) electrons. The van der Waals surface area contributed by atoms with Crippen LogP contribution in [0.15, 0.2) is 59.8 Å². The Hall–Kier alpha value is -2.80. The Morgan fingerprint density at radius 3 is 2.50 bits per heavy atom. The molecule has 1 saturated carbocycles. The number of ether oxygens (including phenoxy) is 1. The van der Waals surface area contributed by atoms with E-state index in [2.05, 4.69) is 20.1 Å². The highest BCUT2D eigenvalue weighted by Crippen LogP contribution is 2.36. The number of thioether (sulfide) groups is 1. The van der Waals surface area contributed by atoms with Gasteiger partial charge in [-0.05, 0) is 49.6 Å². The molecule has 6 nitrogen and oxygen atoms in total. The quantitative estimate of drug-likeness (QED) is 0.464. The van der Waals surface area contributed by atoms with Crippen LogP contribution in [-0.4, -0.2) is 33.5 Å². The number of hydrogen-bond donors (Lipinski definition) is 1. The molecule has 168 valence electrons. The first-order valence-corrected chi connectivity index (χ1v) is 12.2. The van der Waals surface area contributed by atoms with Crippen molar-refractivity contribution in [1.82, 2.24) is 20.1 Å². The Kier molecular flexibility index (Phi) is 7.47. The molecular formula is C25H30N4O2S. The maximum Gasteiger partial charge on any atom is 0.230 e. The van der Waals surface area contributed by atoms with Crippen LogP contribution in [0, 0.1) is 0 Å². The first-order chi connectivity index (χ1) is 15.7. The molecule has 0 saturated heterocycles. The van der Waals surface area contributed by atoms with Gasteiger partial charge >= 0.3 is 0 Å². The third kappa shape index (κ3) is 5.33. The van der Waals surface area contributed by atoms with E-state index in [1.165, 1.54) is 31.0 Å². The SMILES string of the molecule is COc1ccc(-c2nnc(SCC(=O)NC(C)c3ccccc3)n2C2CCCCC2)cc1. The van der Waals surface area contributed by atoms with Crippen LogP contribution < -0.4 is 10.1 Å². The second-order valence-electron chi connectivity index (χ2n) is 8.19. The molecule has 3 aromatic rings. The summed E-state index contributed by atoms with van der Waals surface area (Å²) in [6, 6.07) is 18.3. The number of amides is 1. The van der Waals surface area contributed by atoms with Crippen molar-refractivity contribution < 1.29 is 9.53 Å². The Morgan fingerprint density at radius 2 is 1.81 bits per heavy atom. The van der Waals surface area contributed by atoms with Crippen molar-refractivity contribution in [3.05, 3.63) is 60.2 Å². The summed E-state index contributed by atoms with van der Waals surface area (Å²) in [6.45, 7) is 2.00. The van der Waals surface area contributed by atoms with Gasteiger partial charge in [-0.25, -0.2) is 0 Å². The number of nitrogens with one attached hydrogen (secondary N) is 1. The average molecular weight is 451 g/mol. The van der Waals surface area contributed by atoms with Gasteiger partial charge in [-0.2, -0.15) is 0 Å². The highest BCUT2D eigenvalue weighted by atomic mass is 32.2. The van der Waals surface area contributed by atoms with Crippen LogP contribution >= 0.6 is 11.8 Å². The zero-order valence-corrected chi connectivity index (χ0v) is 19.5. The van der Waals surface area contributed by atoms with Gasteiger partial charge in [0, 0.05) is 11.6 Å². The van der Waals surface area contributed by atoms with Gasteiger partial charge in [0.1, 0.15) is 5.75 Å². The minimum absolute atomic E-state index is 0.00413. The van der Waals surface area contributed by atoms with Crippen molar-refractivity contribution in [3.8, 4) is 17.1 Å². The number of methoxy groups -OCH3 is 1. The van der Waals surface area contributed by atoms with Gasteiger partial charge < -0.3 is 10.1 Å². The summed E-state index contributed by atoms with van der Waals surface area (Å²) >= 11 is 1.46. The summed E-state index contributed by atoms with van der Waals surface area (Å²) in [5.74, 6) is 1.98. The first kappa shape index (κ1) is 22.4. The second-order valence-corrected chi connectivity index (χ2v) is 9.13. The van der Waals surface area contributed by atoms with Crippen molar-refractivity contribution in [2.75, 3.05) is 12.9 Å². The normalized spacial score (nSPS) is 15.3. The minimum atomic E-state index is -0.0321. The van der Waals surface area contributed by atoms with E-state index in [-0.39, 0.29) is 11.9 Å². The zero-order valence-electron chi connectivity index (χ0n) is 18.7. The molecule has 1 fully saturated rings. The smallest absolute Gasteiger partial charge is 0.230 e. The van der Waals surface area contributed by atoms with Crippen LogP contribution in [0.3, 0.4) is 0 Å². The number of carbonyl (C=O) groups excluding carboxylic acids is 1. The summed E-state index contributed by atoms with van der Waals surface area (Å²) in [4.78, 5) is 12.6. The van der Waals surface area contributed by atoms with Gasteiger partial charge in [-0.3, -0.25) is 9.36 Å². The largest absolute Gasteiger partial charge is 0.497 e. The number of aromatic nitrogens is 3. The van der Waals surface area contributed by atoms with Gasteiger partial charge in [-0.15, -0.1) is 10.2 Å². The third-order valence-electron chi connectivity index (χ3n) is 5.96. The maximum atomic E-state index is 12.6. The first-order valence-electron chi connectivity index (χ1n) is 11.2. The molecule has 1 unspecified atom stereocenters. The number of hydrogen-bond acceptors (Lipinski definition) is 5. The zero-order chi connectivity index (χ0) is 22.3. The molecule has 2 aromatic carbocycles. The van der Waals surface area contributed by atoms with Crippen LogP contribution in [0.5, 0.6) is 5.75 Å². The average Bonchev–Trinajstić information content (AvgIpc) is 3.28. The molecule has 4 rings (SSSR count). The van der Waals surface area contributed by atoms with E-state index in [1.54, 1.807) is 7.11 Å². The van der Waals surface area contributed by atoms with E-state index in [0.717, 1.165) is 40.7 Å².